The highest BCUT2D eigenvalue weighted by Gasteiger charge is 2.10. The first kappa shape index (κ1) is 11.3. The molecule has 0 radical (unpaired) electrons. The fourth-order valence-corrected chi connectivity index (χ4v) is 1.85. The molecule has 94 valence electrons. The third kappa shape index (κ3) is 2.26. The predicted octanol–water partition coefficient (Wildman–Crippen LogP) is 2.45. The summed E-state index contributed by atoms with van der Waals surface area (Å²) >= 11 is 0. The molecular weight excluding hydrogens is 240 g/mol. The molecule has 3 aromatic rings. The van der Waals surface area contributed by atoms with Gasteiger partial charge in [-0.1, -0.05) is 12.1 Å². The molecule has 2 aromatic heterocycles. The minimum Gasteiger partial charge on any atom is -0.357 e. The van der Waals surface area contributed by atoms with E-state index in [1.54, 1.807) is 29.2 Å². The minimum absolute atomic E-state index is 0.176. The Hall–Kier alpha value is -2.82. The molecule has 2 heterocycles. The molecule has 0 spiro atoms. The maximum Gasteiger partial charge on any atom is 0.272 e. The number of hydrogen-bond donors (Lipinski definition) is 2. The number of para-hydroxylation sites is 2. The van der Waals surface area contributed by atoms with Gasteiger partial charge in [0, 0.05) is 18.6 Å². The molecule has 2 N–H and O–H groups in total. The lowest BCUT2D eigenvalue weighted by molar-refractivity contribution is 0.102. The predicted molar refractivity (Wildman–Crippen MR) is 72.3 cm³/mol. The molecular formula is C14H12N4O. The van der Waals surface area contributed by atoms with Crippen LogP contribution in [0.4, 0.5) is 5.69 Å². The Morgan fingerprint density at radius 1 is 1.16 bits per heavy atom. The first-order valence-corrected chi connectivity index (χ1v) is 5.88. The molecule has 0 atom stereocenters. The lowest BCUT2D eigenvalue weighted by Crippen LogP contribution is -2.14. The van der Waals surface area contributed by atoms with E-state index in [-0.39, 0.29) is 5.91 Å². The maximum atomic E-state index is 12.0. The second-order valence-electron chi connectivity index (χ2n) is 4.01. The molecule has 0 fully saturated rings. The summed E-state index contributed by atoms with van der Waals surface area (Å²) in [4.78, 5) is 14.9. The topological polar surface area (TPSA) is 62.7 Å². The number of H-pyrrole nitrogens is 1. The molecule has 0 unspecified atom stereocenters. The molecule has 5 nitrogen and oxygen atoms in total. The van der Waals surface area contributed by atoms with E-state index in [0.717, 1.165) is 5.69 Å². The largest absolute Gasteiger partial charge is 0.357 e. The number of aromatic amines is 1. The zero-order valence-corrected chi connectivity index (χ0v) is 10.1. The third-order valence-electron chi connectivity index (χ3n) is 2.75. The van der Waals surface area contributed by atoms with Crippen molar-refractivity contribution < 1.29 is 4.79 Å². The molecule has 5 heteroatoms. The van der Waals surface area contributed by atoms with Crippen molar-refractivity contribution in [2.45, 2.75) is 0 Å². The zero-order valence-electron chi connectivity index (χ0n) is 10.1. The van der Waals surface area contributed by atoms with Gasteiger partial charge in [-0.25, -0.2) is 4.68 Å². The fourth-order valence-electron chi connectivity index (χ4n) is 1.85. The molecule has 1 aromatic carbocycles. The Balaban J connectivity index is 1.92. The highest BCUT2D eigenvalue weighted by Crippen LogP contribution is 2.19. The quantitative estimate of drug-likeness (QED) is 0.752. The number of hydrogen-bond acceptors (Lipinski definition) is 2. The first-order chi connectivity index (χ1) is 9.34. The van der Waals surface area contributed by atoms with Crippen LogP contribution in [-0.4, -0.2) is 20.7 Å². The van der Waals surface area contributed by atoms with Crippen LogP contribution in [0.5, 0.6) is 0 Å². The van der Waals surface area contributed by atoms with Crippen LogP contribution in [0.1, 0.15) is 10.5 Å². The van der Waals surface area contributed by atoms with Crippen molar-refractivity contribution in [1.29, 1.82) is 0 Å². The van der Waals surface area contributed by atoms with Gasteiger partial charge in [-0.2, -0.15) is 5.10 Å². The van der Waals surface area contributed by atoms with E-state index in [1.165, 1.54) is 0 Å². The first-order valence-electron chi connectivity index (χ1n) is 5.88. The molecule has 0 aliphatic heterocycles. The van der Waals surface area contributed by atoms with Crippen LogP contribution in [-0.2, 0) is 0 Å². The van der Waals surface area contributed by atoms with Gasteiger partial charge < -0.3 is 10.3 Å². The van der Waals surface area contributed by atoms with Gasteiger partial charge in [-0.3, -0.25) is 4.79 Å². The maximum absolute atomic E-state index is 12.0. The van der Waals surface area contributed by atoms with Crippen LogP contribution in [0.3, 0.4) is 0 Å². The third-order valence-corrected chi connectivity index (χ3v) is 2.75. The Morgan fingerprint density at radius 3 is 2.79 bits per heavy atom. The summed E-state index contributed by atoms with van der Waals surface area (Å²) in [5.41, 5.74) is 2.06. The second-order valence-corrected chi connectivity index (χ2v) is 4.01. The van der Waals surface area contributed by atoms with Gasteiger partial charge in [0.1, 0.15) is 5.69 Å². The molecule has 0 saturated heterocycles. The number of carbonyl (C=O) groups excluding carboxylic acids is 1. The molecule has 3 rings (SSSR count). The lowest BCUT2D eigenvalue weighted by atomic mass is 10.2. The van der Waals surface area contributed by atoms with Crippen LogP contribution in [0, 0.1) is 0 Å². The summed E-state index contributed by atoms with van der Waals surface area (Å²) in [5, 5.41) is 7.04. The van der Waals surface area contributed by atoms with Crippen molar-refractivity contribution in [2.24, 2.45) is 0 Å². The highest BCUT2D eigenvalue weighted by atomic mass is 16.1. The van der Waals surface area contributed by atoms with Gasteiger partial charge in [0.05, 0.1) is 11.4 Å². The van der Waals surface area contributed by atoms with E-state index >= 15 is 0 Å². The Morgan fingerprint density at radius 2 is 2.05 bits per heavy atom. The Kier molecular flexibility index (Phi) is 2.86. The van der Waals surface area contributed by atoms with Gasteiger partial charge in [0.15, 0.2) is 0 Å². The molecule has 0 saturated carbocycles. The van der Waals surface area contributed by atoms with E-state index in [4.69, 9.17) is 0 Å². The number of amides is 1. The molecule has 1 amide bonds. The highest BCUT2D eigenvalue weighted by molar-refractivity contribution is 6.04. The monoisotopic (exact) mass is 252 g/mol. The number of nitrogens with one attached hydrogen (secondary N) is 2. The molecule has 19 heavy (non-hydrogen) atoms. The van der Waals surface area contributed by atoms with Crippen molar-refractivity contribution >= 4 is 11.6 Å². The smallest absolute Gasteiger partial charge is 0.272 e. The summed E-state index contributed by atoms with van der Waals surface area (Å²) in [5.74, 6) is -0.176. The van der Waals surface area contributed by atoms with Gasteiger partial charge in [-0.15, -0.1) is 0 Å². The van der Waals surface area contributed by atoms with Crippen molar-refractivity contribution in [3.05, 3.63) is 66.7 Å². The van der Waals surface area contributed by atoms with Gasteiger partial charge in [0.25, 0.3) is 5.91 Å². The summed E-state index contributed by atoms with van der Waals surface area (Å²) < 4.78 is 1.71. The van der Waals surface area contributed by atoms with Crippen LogP contribution in [0.2, 0.25) is 0 Å². The van der Waals surface area contributed by atoms with Crippen molar-refractivity contribution in [2.75, 3.05) is 5.32 Å². The van der Waals surface area contributed by atoms with Crippen LogP contribution >= 0.6 is 0 Å². The van der Waals surface area contributed by atoms with Crippen molar-refractivity contribution in [1.82, 2.24) is 14.8 Å². The van der Waals surface area contributed by atoms with Crippen molar-refractivity contribution in [3.63, 3.8) is 0 Å². The average molecular weight is 252 g/mol. The van der Waals surface area contributed by atoms with E-state index < -0.39 is 0 Å². The number of nitrogens with zero attached hydrogens (tertiary/aromatic N) is 2. The second kappa shape index (κ2) is 4.81. The van der Waals surface area contributed by atoms with Crippen LogP contribution < -0.4 is 5.32 Å². The number of anilines is 1. The summed E-state index contributed by atoms with van der Waals surface area (Å²) in [7, 11) is 0. The summed E-state index contributed by atoms with van der Waals surface area (Å²) in [6, 6.07) is 12.9. The zero-order chi connectivity index (χ0) is 13.1. The summed E-state index contributed by atoms with van der Waals surface area (Å²) in [6.45, 7) is 0. The van der Waals surface area contributed by atoms with E-state index in [2.05, 4.69) is 15.4 Å². The van der Waals surface area contributed by atoms with Crippen LogP contribution in [0.15, 0.2) is 61.1 Å². The van der Waals surface area contributed by atoms with Crippen molar-refractivity contribution in [3.8, 4) is 5.69 Å². The standard InChI is InChI=1S/C14H12N4O/c19-14(12-6-3-8-15-12)17-11-5-1-2-7-13(11)18-10-4-9-16-18/h1-10,15H,(H,17,19). The number of rotatable bonds is 3. The summed E-state index contributed by atoms with van der Waals surface area (Å²) in [6.07, 6.45) is 5.25. The number of benzene rings is 1. The van der Waals surface area contributed by atoms with Gasteiger partial charge in [-0.05, 0) is 30.3 Å². The molecule has 0 aliphatic carbocycles. The Bertz CT molecular complexity index is 671. The van der Waals surface area contributed by atoms with Gasteiger partial charge >= 0.3 is 0 Å². The average Bonchev–Trinajstić information content (AvgIpc) is 3.13. The normalized spacial score (nSPS) is 10.3. The SMILES string of the molecule is O=C(Nc1ccccc1-n1cccn1)c1ccc[nH]1. The minimum atomic E-state index is -0.176. The Labute approximate surface area is 109 Å². The van der Waals surface area contributed by atoms with E-state index in [1.807, 2.05) is 36.5 Å². The van der Waals surface area contributed by atoms with E-state index in [0.29, 0.717) is 11.4 Å². The lowest BCUT2D eigenvalue weighted by Gasteiger charge is -2.10. The molecule has 0 aliphatic rings. The molecule has 0 bridgehead atoms. The number of carbonyl (C=O) groups is 1. The van der Waals surface area contributed by atoms with Crippen LogP contribution in [0.25, 0.3) is 5.69 Å². The number of aromatic nitrogens is 3. The van der Waals surface area contributed by atoms with E-state index in [9.17, 15) is 4.79 Å². The van der Waals surface area contributed by atoms with Gasteiger partial charge in [0.2, 0.25) is 0 Å². The fraction of sp³-hybridized carbons (Fsp3) is 0.